The van der Waals surface area contributed by atoms with Crippen LogP contribution < -0.4 is 10.5 Å². The third-order valence-electron chi connectivity index (χ3n) is 3.44. The molecule has 2 N–H and O–H groups in total. The van der Waals surface area contributed by atoms with Gasteiger partial charge in [0.1, 0.15) is 18.1 Å². The summed E-state index contributed by atoms with van der Waals surface area (Å²) in [6.07, 6.45) is 3.66. The molecule has 120 valence electrons. The lowest BCUT2D eigenvalue weighted by Gasteiger charge is -2.14. The van der Waals surface area contributed by atoms with Crippen LogP contribution in [0.2, 0.25) is 0 Å². The Hall–Kier alpha value is -2.54. The van der Waals surface area contributed by atoms with Gasteiger partial charge in [-0.15, -0.1) is 0 Å². The summed E-state index contributed by atoms with van der Waals surface area (Å²) in [6, 6.07) is 4.79. The van der Waals surface area contributed by atoms with Gasteiger partial charge in [0, 0.05) is 30.9 Å². The summed E-state index contributed by atoms with van der Waals surface area (Å²) >= 11 is 0. The second-order valence-corrected chi connectivity index (χ2v) is 5.33. The maximum atomic E-state index is 13.0. The van der Waals surface area contributed by atoms with E-state index >= 15 is 0 Å². The highest BCUT2D eigenvalue weighted by Crippen LogP contribution is 2.28. The molecule has 1 aliphatic rings. The van der Waals surface area contributed by atoms with E-state index in [2.05, 4.69) is 15.1 Å². The molecule has 0 spiro atoms. The molecule has 1 atom stereocenters. The van der Waals surface area contributed by atoms with Crippen LogP contribution in [0.25, 0.3) is 11.3 Å². The van der Waals surface area contributed by atoms with Crippen molar-refractivity contribution < 1.29 is 14.0 Å². The fourth-order valence-corrected chi connectivity index (χ4v) is 2.26. The molecule has 0 saturated carbocycles. The Labute approximate surface area is 133 Å². The van der Waals surface area contributed by atoms with Crippen LogP contribution in [0.4, 0.5) is 4.39 Å². The smallest absolute Gasteiger partial charge is 0.212 e. The van der Waals surface area contributed by atoms with Crippen LogP contribution in [0.5, 0.6) is 5.75 Å². The van der Waals surface area contributed by atoms with Crippen LogP contribution >= 0.6 is 0 Å². The van der Waals surface area contributed by atoms with Crippen molar-refractivity contribution in [3.05, 3.63) is 42.1 Å². The normalized spacial score (nSPS) is 16.8. The fraction of sp³-hybridized carbons (Fsp3) is 0.312. The number of hydrogen-bond donors (Lipinski definition) is 1. The molecule has 23 heavy (non-hydrogen) atoms. The number of hydrogen-bond acceptors (Lipinski definition) is 6. The van der Waals surface area contributed by atoms with Gasteiger partial charge < -0.3 is 15.3 Å². The molecule has 1 unspecified atom stereocenters. The predicted octanol–water partition coefficient (Wildman–Crippen LogP) is 2.07. The van der Waals surface area contributed by atoms with Gasteiger partial charge in [-0.3, -0.25) is 4.98 Å². The number of halogens is 1. The standard InChI is InChI=1S/C16H17FN4O2/c1-10-4-14(22-9-13-5-12(6-18)21-23-13)16(20-7-10)11-2-3-15(17)19-8-11/h2-4,7-8,13H,5-6,9,18H2,1H3. The molecule has 3 rings (SSSR count). The Morgan fingerprint density at radius 2 is 2.22 bits per heavy atom. The Morgan fingerprint density at radius 1 is 1.35 bits per heavy atom. The van der Waals surface area contributed by atoms with E-state index in [1.165, 1.54) is 12.3 Å². The zero-order valence-electron chi connectivity index (χ0n) is 12.7. The first kappa shape index (κ1) is 15.4. The Morgan fingerprint density at radius 3 is 2.91 bits per heavy atom. The van der Waals surface area contributed by atoms with Gasteiger partial charge in [0.05, 0.1) is 5.71 Å². The molecule has 0 saturated heterocycles. The van der Waals surface area contributed by atoms with Gasteiger partial charge >= 0.3 is 0 Å². The first-order chi connectivity index (χ1) is 11.2. The lowest BCUT2D eigenvalue weighted by Crippen LogP contribution is -2.21. The Bertz CT molecular complexity index is 719. The molecular weight excluding hydrogens is 299 g/mol. The van der Waals surface area contributed by atoms with E-state index in [1.807, 2.05) is 13.0 Å². The quantitative estimate of drug-likeness (QED) is 0.854. The first-order valence-electron chi connectivity index (χ1n) is 7.28. The van der Waals surface area contributed by atoms with Crippen LogP contribution in [0.3, 0.4) is 0 Å². The van der Waals surface area contributed by atoms with Crippen molar-refractivity contribution in [2.75, 3.05) is 13.2 Å². The Balaban J connectivity index is 1.76. The number of oxime groups is 1. The van der Waals surface area contributed by atoms with E-state index in [0.29, 0.717) is 36.6 Å². The van der Waals surface area contributed by atoms with Crippen LogP contribution in [-0.2, 0) is 4.84 Å². The molecule has 1 aliphatic heterocycles. The summed E-state index contributed by atoms with van der Waals surface area (Å²) in [4.78, 5) is 13.3. The molecule has 0 bridgehead atoms. The summed E-state index contributed by atoms with van der Waals surface area (Å²) in [5, 5.41) is 3.90. The second kappa shape index (κ2) is 6.70. The highest BCUT2D eigenvalue weighted by molar-refractivity contribution is 5.87. The molecule has 2 aromatic heterocycles. The average molecular weight is 316 g/mol. The predicted molar refractivity (Wildman–Crippen MR) is 83.6 cm³/mol. The maximum Gasteiger partial charge on any atom is 0.212 e. The zero-order chi connectivity index (χ0) is 16.2. The van der Waals surface area contributed by atoms with Gasteiger partial charge in [0.2, 0.25) is 5.95 Å². The SMILES string of the molecule is Cc1cnc(-c2ccc(F)nc2)c(OCC2CC(CN)=NO2)c1. The van der Waals surface area contributed by atoms with E-state index in [-0.39, 0.29) is 6.10 Å². The average Bonchev–Trinajstić information content (AvgIpc) is 3.02. The molecule has 0 fully saturated rings. The summed E-state index contributed by atoms with van der Waals surface area (Å²) in [5.41, 5.74) is 8.62. The van der Waals surface area contributed by atoms with Gasteiger partial charge in [-0.1, -0.05) is 5.16 Å². The first-order valence-corrected chi connectivity index (χ1v) is 7.28. The van der Waals surface area contributed by atoms with Crippen LogP contribution in [0.1, 0.15) is 12.0 Å². The molecule has 6 nitrogen and oxygen atoms in total. The minimum Gasteiger partial charge on any atom is -0.487 e. The van der Waals surface area contributed by atoms with Gasteiger partial charge in [-0.25, -0.2) is 4.98 Å². The number of aromatic nitrogens is 2. The fourth-order valence-electron chi connectivity index (χ4n) is 2.26. The van der Waals surface area contributed by atoms with E-state index in [4.69, 9.17) is 15.3 Å². The summed E-state index contributed by atoms with van der Waals surface area (Å²) < 4.78 is 18.8. The van der Waals surface area contributed by atoms with Crippen molar-refractivity contribution >= 4 is 5.71 Å². The molecule has 3 heterocycles. The van der Waals surface area contributed by atoms with Crippen molar-refractivity contribution in [1.82, 2.24) is 9.97 Å². The number of ether oxygens (including phenoxy) is 1. The lowest BCUT2D eigenvalue weighted by atomic mass is 10.1. The van der Waals surface area contributed by atoms with E-state index in [1.54, 1.807) is 12.3 Å². The van der Waals surface area contributed by atoms with Gasteiger partial charge in [0.25, 0.3) is 0 Å². The molecule has 7 heteroatoms. The monoisotopic (exact) mass is 316 g/mol. The molecule has 0 aliphatic carbocycles. The van der Waals surface area contributed by atoms with Crippen LogP contribution in [0, 0.1) is 12.9 Å². The zero-order valence-corrected chi connectivity index (χ0v) is 12.7. The van der Waals surface area contributed by atoms with Crippen LogP contribution in [-0.4, -0.2) is 34.9 Å². The van der Waals surface area contributed by atoms with E-state index in [0.717, 1.165) is 11.3 Å². The van der Waals surface area contributed by atoms with Crippen molar-refractivity contribution in [2.24, 2.45) is 10.9 Å². The van der Waals surface area contributed by atoms with E-state index < -0.39 is 5.95 Å². The molecule has 0 radical (unpaired) electrons. The maximum absolute atomic E-state index is 13.0. The molecule has 0 amide bonds. The third kappa shape index (κ3) is 3.62. The summed E-state index contributed by atoms with van der Waals surface area (Å²) in [5.74, 6) is 0.0670. The topological polar surface area (TPSA) is 82.6 Å². The highest BCUT2D eigenvalue weighted by atomic mass is 19.1. The van der Waals surface area contributed by atoms with Gasteiger partial charge in [-0.05, 0) is 30.7 Å². The van der Waals surface area contributed by atoms with Crippen LogP contribution in [0.15, 0.2) is 35.7 Å². The highest BCUT2D eigenvalue weighted by Gasteiger charge is 2.21. The van der Waals surface area contributed by atoms with Crippen molar-refractivity contribution in [1.29, 1.82) is 0 Å². The second-order valence-electron chi connectivity index (χ2n) is 5.33. The molecular formula is C16H17FN4O2. The van der Waals surface area contributed by atoms with Crippen molar-refractivity contribution in [3.8, 4) is 17.0 Å². The number of rotatable bonds is 5. The van der Waals surface area contributed by atoms with Gasteiger partial charge in [0.15, 0.2) is 6.10 Å². The molecule has 2 aromatic rings. The van der Waals surface area contributed by atoms with Crippen molar-refractivity contribution in [3.63, 3.8) is 0 Å². The summed E-state index contributed by atoms with van der Waals surface area (Å²) in [7, 11) is 0. The number of pyridine rings is 2. The molecule has 0 aromatic carbocycles. The van der Waals surface area contributed by atoms with E-state index in [9.17, 15) is 4.39 Å². The largest absolute Gasteiger partial charge is 0.487 e. The lowest BCUT2D eigenvalue weighted by molar-refractivity contribution is 0.0471. The third-order valence-corrected chi connectivity index (χ3v) is 3.44. The van der Waals surface area contributed by atoms with Crippen molar-refractivity contribution in [2.45, 2.75) is 19.4 Å². The minimum atomic E-state index is -0.533. The number of nitrogens with zero attached hydrogens (tertiary/aromatic N) is 3. The Kier molecular flexibility index (Phi) is 4.47. The number of aryl methyl sites for hydroxylation is 1. The summed E-state index contributed by atoms with van der Waals surface area (Å²) in [6.45, 7) is 2.64. The van der Waals surface area contributed by atoms with Gasteiger partial charge in [-0.2, -0.15) is 4.39 Å². The minimum absolute atomic E-state index is 0.159. The number of nitrogens with two attached hydrogens (primary N) is 1.